The molecule has 2 rings (SSSR count). The number of hydrogen-bond donors (Lipinski definition) is 0. The van der Waals surface area contributed by atoms with Crippen molar-refractivity contribution in [3.05, 3.63) is 76.3 Å². The molecular weight excluding hydrogens is 425 g/mol. The summed E-state index contributed by atoms with van der Waals surface area (Å²) in [6.45, 7) is 0.0685. The number of esters is 1. The van der Waals surface area contributed by atoms with E-state index in [1.165, 1.54) is 39.7 Å². The van der Waals surface area contributed by atoms with E-state index in [2.05, 4.69) is 17.0 Å². The third-order valence-electron chi connectivity index (χ3n) is 3.91. The molecule has 0 N–H and O–H groups in total. The Morgan fingerprint density at radius 1 is 1.16 bits per heavy atom. The van der Waals surface area contributed by atoms with Crippen molar-refractivity contribution >= 4 is 28.9 Å². The fraction of sp³-hybridized carbons (Fsp3) is 0.217. The third kappa shape index (κ3) is 7.14. The molecular formula is C23H21ClFNO5. The molecule has 0 aromatic heterocycles. The number of methoxy groups -OCH3 is 3. The van der Waals surface area contributed by atoms with Crippen LogP contribution in [0.1, 0.15) is 16.7 Å². The fourth-order valence-corrected chi connectivity index (χ4v) is 2.71. The van der Waals surface area contributed by atoms with Crippen LogP contribution in [0.2, 0.25) is 5.02 Å². The number of benzene rings is 2. The van der Waals surface area contributed by atoms with E-state index < -0.39 is 5.97 Å². The molecule has 2 aromatic rings. The van der Waals surface area contributed by atoms with E-state index in [1.807, 2.05) is 0 Å². The Hall–Kier alpha value is -3.34. The van der Waals surface area contributed by atoms with Crippen LogP contribution in [0.4, 0.5) is 4.39 Å². The highest BCUT2D eigenvalue weighted by atomic mass is 35.5. The van der Waals surface area contributed by atoms with Crippen molar-refractivity contribution in [2.24, 2.45) is 5.16 Å². The highest BCUT2D eigenvalue weighted by molar-refractivity contribution is 6.32. The maximum absolute atomic E-state index is 13.0. The lowest BCUT2D eigenvalue weighted by Gasteiger charge is -2.12. The highest BCUT2D eigenvalue weighted by Crippen LogP contribution is 2.27. The average molecular weight is 446 g/mol. The van der Waals surface area contributed by atoms with Gasteiger partial charge in [0, 0.05) is 28.8 Å². The molecule has 0 fully saturated rings. The van der Waals surface area contributed by atoms with Gasteiger partial charge in [0.05, 0.1) is 27.1 Å². The summed E-state index contributed by atoms with van der Waals surface area (Å²) in [5.74, 6) is 4.77. The predicted octanol–water partition coefficient (Wildman–Crippen LogP) is 4.21. The van der Waals surface area contributed by atoms with Crippen molar-refractivity contribution < 1.29 is 28.2 Å². The molecule has 0 atom stereocenters. The molecule has 0 aliphatic heterocycles. The van der Waals surface area contributed by atoms with Gasteiger partial charge in [0.1, 0.15) is 18.0 Å². The van der Waals surface area contributed by atoms with Gasteiger partial charge >= 0.3 is 5.97 Å². The van der Waals surface area contributed by atoms with Gasteiger partial charge < -0.3 is 19.0 Å². The molecule has 2 aromatic carbocycles. The van der Waals surface area contributed by atoms with Crippen LogP contribution in [-0.2, 0) is 30.4 Å². The van der Waals surface area contributed by atoms with Crippen molar-refractivity contribution in [2.75, 3.05) is 27.9 Å². The summed E-state index contributed by atoms with van der Waals surface area (Å²) in [4.78, 5) is 17.6. The molecule has 31 heavy (non-hydrogen) atoms. The number of ether oxygens (including phenoxy) is 3. The minimum atomic E-state index is -0.584. The largest absolute Gasteiger partial charge is 0.503 e. The van der Waals surface area contributed by atoms with Gasteiger partial charge in [-0.2, -0.15) is 0 Å². The van der Waals surface area contributed by atoms with E-state index in [1.54, 1.807) is 30.3 Å². The summed E-state index contributed by atoms with van der Waals surface area (Å²) in [5.41, 5.74) is 2.13. The third-order valence-corrected chi connectivity index (χ3v) is 4.26. The molecule has 0 aliphatic carbocycles. The fourth-order valence-electron chi connectivity index (χ4n) is 2.48. The van der Waals surface area contributed by atoms with Crippen LogP contribution >= 0.6 is 11.6 Å². The van der Waals surface area contributed by atoms with E-state index in [9.17, 15) is 9.18 Å². The van der Waals surface area contributed by atoms with Gasteiger partial charge in [-0.15, -0.1) is 0 Å². The molecule has 0 saturated heterocycles. The summed E-state index contributed by atoms with van der Waals surface area (Å²) < 4.78 is 27.9. The Labute approximate surface area is 185 Å². The zero-order valence-corrected chi connectivity index (χ0v) is 18.0. The van der Waals surface area contributed by atoms with Crippen molar-refractivity contribution in [3.8, 4) is 11.8 Å². The maximum atomic E-state index is 13.0. The van der Waals surface area contributed by atoms with Crippen molar-refractivity contribution in [3.63, 3.8) is 0 Å². The number of carbonyl (C=O) groups excluding carboxylic acids is 1. The second-order valence-corrected chi connectivity index (χ2v) is 6.43. The Morgan fingerprint density at radius 2 is 1.90 bits per heavy atom. The van der Waals surface area contributed by atoms with Crippen LogP contribution in [0.25, 0.3) is 5.57 Å². The number of rotatable bonds is 8. The van der Waals surface area contributed by atoms with Gasteiger partial charge in [0.25, 0.3) is 0 Å². The van der Waals surface area contributed by atoms with Crippen LogP contribution in [0.15, 0.2) is 53.9 Å². The van der Waals surface area contributed by atoms with Crippen LogP contribution < -0.4 is 0 Å². The zero-order chi connectivity index (χ0) is 22.6. The second kappa shape index (κ2) is 12.4. The standard InChI is InChI=1S/C23H21ClFNO5/c1-28-13-18(12-9-16-7-10-17(25)11-8-16)26-31-15-20-19(5-4-6-22(20)24)21(14-29-2)23(27)30-3/h4-8,10-11,14H,13,15H2,1-3H3/b21-14+,26-18-. The van der Waals surface area contributed by atoms with Crippen LogP contribution in [0, 0.1) is 17.7 Å². The lowest BCUT2D eigenvalue weighted by atomic mass is 10.0. The molecule has 0 unspecified atom stereocenters. The van der Waals surface area contributed by atoms with Crippen molar-refractivity contribution in [1.29, 1.82) is 0 Å². The van der Waals surface area contributed by atoms with E-state index in [-0.39, 0.29) is 24.6 Å². The number of carbonyl (C=O) groups is 1. The van der Waals surface area contributed by atoms with Gasteiger partial charge in [-0.05, 0) is 36.3 Å². The second-order valence-electron chi connectivity index (χ2n) is 6.03. The molecule has 0 heterocycles. The van der Waals surface area contributed by atoms with Crippen LogP contribution in [0.5, 0.6) is 0 Å². The molecule has 0 aliphatic rings. The van der Waals surface area contributed by atoms with E-state index in [0.29, 0.717) is 27.4 Å². The van der Waals surface area contributed by atoms with E-state index >= 15 is 0 Å². The minimum absolute atomic E-state index is 0.0432. The van der Waals surface area contributed by atoms with Crippen molar-refractivity contribution in [1.82, 2.24) is 0 Å². The Bertz CT molecular complexity index is 1020. The smallest absolute Gasteiger partial charge is 0.341 e. The quantitative estimate of drug-likeness (QED) is 0.152. The van der Waals surface area contributed by atoms with Gasteiger partial charge in [-0.1, -0.05) is 34.8 Å². The van der Waals surface area contributed by atoms with E-state index in [4.69, 9.17) is 30.6 Å². The molecule has 8 heteroatoms. The molecule has 0 saturated carbocycles. The summed E-state index contributed by atoms with van der Waals surface area (Å²) >= 11 is 6.32. The molecule has 0 spiro atoms. The first-order chi connectivity index (χ1) is 15.0. The Morgan fingerprint density at radius 3 is 2.55 bits per heavy atom. The number of nitrogens with zero attached hydrogens (tertiary/aromatic N) is 1. The van der Waals surface area contributed by atoms with Gasteiger partial charge in [-0.25, -0.2) is 9.18 Å². The molecule has 0 amide bonds. The van der Waals surface area contributed by atoms with Gasteiger partial charge in [0.15, 0.2) is 5.71 Å². The molecule has 162 valence electrons. The summed E-state index contributed by atoms with van der Waals surface area (Å²) in [7, 11) is 4.19. The maximum Gasteiger partial charge on any atom is 0.341 e. The summed E-state index contributed by atoms with van der Waals surface area (Å²) in [6, 6.07) is 10.8. The lowest BCUT2D eigenvalue weighted by Crippen LogP contribution is -2.09. The van der Waals surface area contributed by atoms with Gasteiger partial charge in [0.2, 0.25) is 0 Å². The van der Waals surface area contributed by atoms with E-state index in [0.717, 1.165) is 0 Å². The van der Waals surface area contributed by atoms with Gasteiger partial charge in [-0.3, -0.25) is 0 Å². The first kappa shape index (κ1) is 23.9. The predicted molar refractivity (Wildman–Crippen MR) is 116 cm³/mol. The number of halogens is 2. The number of hydrogen-bond acceptors (Lipinski definition) is 6. The lowest BCUT2D eigenvalue weighted by molar-refractivity contribution is -0.133. The van der Waals surface area contributed by atoms with Crippen LogP contribution in [0.3, 0.4) is 0 Å². The molecule has 6 nitrogen and oxygen atoms in total. The summed E-state index contributed by atoms with van der Waals surface area (Å²) in [6.07, 6.45) is 1.27. The molecule has 0 radical (unpaired) electrons. The Kier molecular flexibility index (Phi) is 9.56. The summed E-state index contributed by atoms with van der Waals surface area (Å²) in [5, 5.41) is 4.39. The minimum Gasteiger partial charge on any atom is -0.503 e. The zero-order valence-electron chi connectivity index (χ0n) is 17.3. The topological polar surface area (TPSA) is 66.4 Å². The number of oxime groups is 1. The normalized spacial score (nSPS) is 11.4. The first-order valence-corrected chi connectivity index (χ1v) is 9.42. The molecule has 0 bridgehead atoms. The highest BCUT2D eigenvalue weighted by Gasteiger charge is 2.19. The SMILES string of the molecule is CO/C=C(/C(=O)OC)c1cccc(Cl)c1CO/N=C(/C#Cc1ccc(F)cc1)COC. The average Bonchev–Trinajstić information content (AvgIpc) is 2.77. The Balaban J connectivity index is 2.26. The monoisotopic (exact) mass is 445 g/mol. The first-order valence-electron chi connectivity index (χ1n) is 9.04. The van der Waals surface area contributed by atoms with Crippen molar-refractivity contribution in [2.45, 2.75) is 6.61 Å². The van der Waals surface area contributed by atoms with Crippen LogP contribution in [-0.4, -0.2) is 39.6 Å².